The fourth-order valence-corrected chi connectivity index (χ4v) is 2.00. The fourth-order valence-electron chi connectivity index (χ4n) is 2.00. The van der Waals surface area contributed by atoms with Crippen LogP contribution in [0.3, 0.4) is 0 Å². The number of aliphatic hydroxyl groups excluding tert-OH is 1. The Morgan fingerprint density at radius 2 is 2.17 bits per heavy atom. The lowest BCUT2D eigenvalue weighted by molar-refractivity contribution is -0.121. The average Bonchev–Trinajstić information content (AvgIpc) is 2.80. The molecule has 0 fully saturated rings. The molecule has 0 radical (unpaired) electrons. The van der Waals surface area contributed by atoms with Crippen molar-refractivity contribution in [2.45, 2.75) is 19.3 Å². The Bertz CT molecular complexity index is 519. The van der Waals surface area contributed by atoms with E-state index in [1.807, 2.05) is 24.4 Å². The highest BCUT2D eigenvalue weighted by Crippen LogP contribution is 2.17. The van der Waals surface area contributed by atoms with Gasteiger partial charge in [-0.25, -0.2) is 0 Å². The molecule has 0 aliphatic carbocycles. The predicted molar refractivity (Wildman–Crippen MR) is 71.3 cm³/mol. The Morgan fingerprint density at radius 1 is 1.33 bits per heavy atom. The zero-order chi connectivity index (χ0) is 12.8. The molecule has 0 spiro atoms. The number of amides is 1. The number of benzene rings is 1. The van der Waals surface area contributed by atoms with E-state index in [2.05, 4.69) is 16.4 Å². The summed E-state index contributed by atoms with van der Waals surface area (Å²) < 4.78 is 0. The molecule has 0 saturated carbocycles. The molecule has 2 aromatic rings. The number of fused-ring (bicyclic) bond motifs is 1. The molecule has 0 atom stereocenters. The molecule has 4 heteroatoms. The summed E-state index contributed by atoms with van der Waals surface area (Å²) in [4.78, 5) is 14.6. The standard InChI is InChI=1S/C14H18N2O2/c17-9-3-6-14(18)15-8-7-11-10-16-13-5-2-1-4-12(11)13/h1-2,4-5,10,16-17H,3,6-9H2,(H,15,18). The summed E-state index contributed by atoms with van der Waals surface area (Å²) in [6.07, 6.45) is 3.72. The Balaban J connectivity index is 1.85. The Morgan fingerprint density at radius 3 is 3.00 bits per heavy atom. The van der Waals surface area contributed by atoms with Crippen LogP contribution in [0.1, 0.15) is 18.4 Å². The number of carbonyl (C=O) groups excluding carboxylic acids is 1. The van der Waals surface area contributed by atoms with Gasteiger partial charge in [0.05, 0.1) is 0 Å². The number of para-hydroxylation sites is 1. The lowest BCUT2D eigenvalue weighted by atomic mass is 10.1. The molecule has 0 aliphatic rings. The highest BCUT2D eigenvalue weighted by Gasteiger charge is 2.04. The van der Waals surface area contributed by atoms with Crippen LogP contribution in [-0.4, -0.2) is 29.1 Å². The minimum Gasteiger partial charge on any atom is -0.396 e. The maximum absolute atomic E-state index is 11.4. The largest absolute Gasteiger partial charge is 0.396 e. The number of hydrogen-bond donors (Lipinski definition) is 3. The number of rotatable bonds is 6. The fraction of sp³-hybridized carbons (Fsp3) is 0.357. The molecule has 1 aromatic heterocycles. The molecule has 0 bridgehead atoms. The van der Waals surface area contributed by atoms with Crippen molar-refractivity contribution in [1.82, 2.24) is 10.3 Å². The van der Waals surface area contributed by atoms with Gasteiger partial charge in [-0.15, -0.1) is 0 Å². The summed E-state index contributed by atoms with van der Waals surface area (Å²) in [6, 6.07) is 8.13. The number of H-pyrrole nitrogens is 1. The van der Waals surface area contributed by atoms with Gasteiger partial charge in [-0.05, 0) is 24.5 Å². The van der Waals surface area contributed by atoms with Gasteiger partial charge in [-0.1, -0.05) is 18.2 Å². The Kier molecular flexibility index (Phi) is 4.36. The first-order valence-corrected chi connectivity index (χ1v) is 6.24. The van der Waals surface area contributed by atoms with Crippen LogP contribution in [-0.2, 0) is 11.2 Å². The third-order valence-corrected chi connectivity index (χ3v) is 2.95. The van der Waals surface area contributed by atoms with Crippen LogP contribution in [0.4, 0.5) is 0 Å². The molecule has 2 rings (SSSR count). The first-order valence-electron chi connectivity index (χ1n) is 6.24. The second-order valence-electron chi connectivity index (χ2n) is 4.29. The molecule has 0 aliphatic heterocycles. The van der Waals surface area contributed by atoms with Gasteiger partial charge in [-0.3, -0.25) is 4.79 Å². The summed E-state index contributed by atoms with van der Waals surface area (Å²) in [5.41, 5.74) is 2.34. The van der Waals surface area contributed by atoms with Gasteiger partial charge >= 0.3 is 0 Å². The van der Waals surface area contributed by atoms with E-state index in [1.165, 1.54) is 10.9 Å². The van der Waals surface area contributed by atoms with Crippen LogP contribution >= 0.6 is 0 Å². The molecule has 3 N–H and O–H groups in total. The maximum atomic E-state index is 11.4. The second kappa shape index (κ2) is 6.21. The molecular formula is C14H18N2O2. The molecule has 4 nitrogen and oxygen atoms in total. The third kappa shape index (κ3) is 3.11. The van der Waals surface area contributed by atoms with Gasteiger partial charge in [0.25, 0.3) is 0 Å². The first-order chi connectivity index (χ1) is 8.81. The van der Waals surface area contributed by atoms with Gasteiger partial charge < -0.3 is 15.4 Å². The molecule has 1 heterocycles. The highest BCUT2D eigenvalue weighted by atomic mass is 16.3. The summed E-state index contributed by atoms with van der Waals surface area (Å²) in [6.45, 7) is 0.696. The third-order valence-electron chi connectivity index (χ3n) is 2.95. The highest BCUT2D eigenvalue weighted by molar-refractivity contribution is 5.83. The van der Waals surface area contributed by atoms with Crippen molar-refractivity contribution in [3.63, 3.8) is 0 Å². The zero-order valence-corrected chi connectivity index (χ0v) is 10.3. The minimum atomic E-state index is 0.00360. The van der Waals surface area contributed by atoms with Crippen LogP contribution in [0.15, 0.2) is 30.5 Å². The molecule has 96 valence electrons. The van der Waals surface area contributed by atoms with Crippen molar-refractivity contribution in [3.8, 4) is 0 Å². The quantitative estimate of drug-likeness (QED) is 0.725. The van der Waals surface area contributed by atoms with Crippen molar-refractivity contribution in [1.29, 1.82) is 0 Å². The number of carbonyl (C=O) groups is 1. The van der Waals surface area contributed by atoms with Crippen LogP contribution in [0.25, 0.3) is 10.9 Å². The minimum absolute atomic E-state index is 0.00360. The van der Waals surface area contributed by atoms with Crippen LogP contribution in [0.5, 0.6) is 0 Å². The SMILES string of the molecule is O=C(CCCO)NCCc1c[nH]c2ccccc12. The second-order valence-corrected chi connectivity index (χ2v) is 4.29. The van der Waals surface area contributed by atoms with Crippen molar-refractivity contribution < 1.29 is 9.90 Å². The van der Waals surface area contributed by atoms with E-state index >= 15 is 0 Å². The number of nitrogens with one attached hydrogen (secondary N) is 2. The number of aromatic nitrogens is 1. The predicted octanol–water partition coefficient (Wildman–Crippen LogP) is 1.60. The van der Waals surface area contributed by atoms with E-state index in [0.29, 0.717) is 19.4 Å². The monoisotopic (exact) mass is 246 g/mol. The number of hydrogen-bond acceptors (Lipinski definition) is 2. The van der Waals surface area contributed by atoms with Gasteiger partial charge in [0, 0.05) is 36.7 Å². The summed E-state index contributed by atoms with van der Waals surface area (Å²) in [5, 5.41) is 12.7. The summed E-state index contributed by atoms with van der Waals surface area (Å²) in [5.74, 6) is 0.00360. The van der Waals surface area contributed by atoms with Crippen molar-refractivity contribution >= 4 is 16.8 Å². The van der Waals surface area contributed by atoms with Gasteiger partial charge in [0.1, 0.15) is 0 Å². The van der Waals surface area contributed by atoms with Crippen LogP contribution < -0.4 is 5.32 Å². The molecule has 0 saturated heterocycles. The lowest BCUT2D eigenvalue weighted by Gasteiger charge is -2.03. The average molecular weight is 246 g/mol. The molecular weight excluding hydrogens is 228 g/mol. The van der Waals surface area contributed by atoms with Crippen molar-refractivity contribution in [3.05, 3.63) is 36.0 Å². The molecule has 1 amide bonds. The number of aliphatic hydroxyl groups is 1. The zero-order valence-electron chi connectivity index (χ0n) is 10.3. The maximum Gasteiger partial charge on any atom is 0.220 e. The van der Waals surface area contributed by atoms with Gasteiger partial charge in [-0.2, -0.15) is 0 Å². The van der Waals surface area contributed by atoms with Crippen LogP contribution in [0.2, 0.25) is 0 Å². The van der Waals surface area contributed by atoms with E-state index in [9.17, 15) is 4.79 Å². The lowest BCUT2D eigenvalue weighted by Crippen LogP contribution is -2.25. The summed E-state index contributed by atoms with van der Waals surface area (Å²) >= 11 is 0. The van der Waals surface area contributed by atoms with Crippen molar-refractivity contribution in [2.24, 2.45) is 0 Å². The number of aromatic amines is 1. The summed E-state index contributed by atoms with van der Waals surface area (Å²) in [7, 11) is 0. The topological polar surface area (TPSA) is 65.1 Å². The van der Waals surface area contributed by atoms with E-state index in [0.717, 1.165) is 11.9 Å². The normalized spacial score (nSPS) is 10.7. The van der Waals surface area contributed by atoms with E-state index < -0.39 is 0 Å². The van der Waals surface area contributed by atoms with E-state index in [4.69, 9.17) is 5.11 Å². The van der Waals surface area contributed by atoms with E-state index in [-0.39, 0.29) is 12.5 Å². The van der Waals surface area contributed by atoms with Gasteiger partial charge in [0.2, 0.25) is 5.91 Å². The molecule has 0 unspecified atom stereocenters. The first kappa shape index (κ1) is 12.6. The molecule has 1 aromatic carbocycles. The van der Waals surface area contributed by atoms with Crippen molar-refractivity contribution in [2.75, 3.05) is 13.2 Å². The Hall–Kier alpha value is -1.81. The molecule has 18 heavy (non-hydrogen) atoms. The van der Waals surface area contributed by atoms with Crippen LogP contribution in [0, 0.1) is 0 Å². The Labute approximate surface area is 106 Å². The van der Waals surface area contributed by atoms with Gasteiger partial charge in [0.15, 0.2) is 0 Å². The smallest absolute Gasteiger partial charge is 0.220 e. The van der Waals surface area contributed by atoms with E-state index in [1.54, 1.807) is 0 Å².